The third-order valence-corrected chi connectivity index (χ3v) is 3.29. The van der Waals surface area contributed by atoms with Crippen molar-refractivity contribution < 1.29 is 4.39 Å². The van der Waals surface area contributed by atoms with Crippen LogP contribution < -0.4 is 5.73 Å². The third-order valence-electron chi connectivity index (χ3n) is 2.98. The van der Waals surface area contributed by atoms with E-state index in [1.165, 1.54) is 6.07 Å². The molecule has 2 nitrogen and oxygen atoms in total. The Morgan fingerprint density at radius 2 is 2.06 bits per heavy atom. The highest BCUT2D eigenvalue weighted by atomic mass is 35.5. The maximum Gasteiger partial charge on any atom is 0.142 e. The van der Waals surface area contributed by atoms with Crippen LogP contribution in [0.4, 0.5) is 4.39 Å². The van der Waals surface area contributed by atoms with Crippen LogP contribution in [0.2, 0.25) is 5.02 Å². The molecular formula is C13H20ClFN2. The number of rotatable bonds is 5. The summed E-state index contributed by atoms with van der Waals surface area (Å²) in [5, 5.41) is 0.150. The predicted octanol–water partition coefficient (Wildman–Crippen LogP) is 3.21. The molecule has 96 valence electrons. The number of likely N-dealkylation sites (N-methyl/N-ethyl adjacent to an activating group) is 1. The van der Waals surface area contributed by atoms with Crippen molar-refractivity contribution in [1.82, 2.24) is 4.90 Å². The standard InChI is InChI=1S/C13H20ClFN2/c1-4-17(9(2)3)13(8-16)10-5-6-11(14)12(15)7-10/h5-7,9,13H,4,8,16H2,1-3H3. The van der Waals surface area contributed by atoms with Crippen molar-refractivity contribution in [1.29, 1.82) is 0 Å². The molecular weight excluding hydrogens is 239 g/mol. The van der Waals surface area contributed by atoms with Gasteiger partial charge in [0.15, 0.2) is 0 Å². The Labute approximate surface area is 108 Å². The molecule has 0 aliphatic heterocycles. The highest BCUT2D eigenvalue weighted by Crippen LogP contribution is 2.25. The van der Waals surface area contributed by atoms with Crippen molar-refractivity contribution in [3.63, 3.8) is 0 Å². The Balaban J connectivity index is 3.03. The SMILES string of the molecule is CCN(C(C)C)C(CN)c1ccc(Cl)c(F)c1. The number of nitrogens with two attached hydrogens (primary N) is 1. The summed E-state index contributed by atoms with van der Waals surface area (Å²) in [6, 6.07) is 5.31. The minimum Gasteiger partial charge on any atom is -0.329 e. The number of hydrogen-bond acceptors (Lipinski definition) is 2. The average Bonchev–Trinajstić information content (AvgIpc) is 2.29. The number of nitrogens with zero attached hydrogens (tertiary/aromatic N) is 1. The molecule has 1 unspecified atom stereocenters. The van der Waals surface area contributed by atoms with Gasteiger partial charge in [0.1, 0.15) is 5.82 Å². The molecule has 0 fully saturated rings. The van der Waals surface area contributed by atoms with E-state index >= 15 is 0 Å². The molecule has 1 atom stereocenters. The Morgan fingerprint density at radius 3 is 2.47 bits per heavy atom. The molecule has 1 aromatic carbocycles. The van der Waals surface area contributed by atoms with Gasteiger partial charge in [0.05, 0.1) is 5.02 Å². The lowest BCUT2D eigenvalue weighted by Gasteiger charge is -2.33. The molecule has 0 saturated carbocycles. The zero-order chi connectivity index (χ0) is 13.0. The zero-order valence-electron chi connectivity index (χ0n) is 10.6. The fourth-order valence-corrected chi connectivity index (χ4v) is 2.25. The zero-order valence-corrected chi connectivity index (χ0v) is 11.3. The van der Waals surface area contributed by atoms with Gasteiger partial charge in [-0.05, 0) is 38.1 Å². The van der Waals surface area contributed by atoms with Crippen LogP contribution >= 0.6 is 11.6 Å². The van der Waals surface area contributed by atoms with Crippen LogP contribution in [0.25, 0.3) is 0 Å². The molecule has 0 heterocycles. The molecule has 0 amide bonds. The van der Waals surface area contributed by atoms with Crippen molar-refractivity contribution in [3.05, 3.63) is 34.6 Å². The molecule has 0 spiro atoms. The van der Waals surface area contributed by atoms with E-state index in [9.17, 15) is 4.39 Å². The lowest BCUT2D eigenvalue weighted by molar-refractivity contribution is 0.166. The van der Waals surface area contributed by atoms with Gasteiger partial charge in [-0.2, -0.15) is 0 Å². The summed E-state index contributed by atoms with van der Waals surface area (Å²) in [7, 11) is 0. The molecule has 1 aromatic rings. The second kappa shape index (κ2) is 6.34. The summed E-state index contributed by atoms with van der Waals surface area (Å²) in [5.74, 6) is -0.387. The Kier molecular flexibility index (Phi) is 5.37. The largest absolute Gasteiger partial charge is 0.329 e. The van der Waals surface area contributed by atoms with E-state index < -0.39 is 0 Å². The van der Waals surface area contributed by atoms with Gasteiger partial charge in [-0.3, -0.25) is 4.90 Å². The van der Waals surface area contributed by atoms with Crippen LogP contribution in [0, 0.1) is 5.82 Å². The molecule has 0 aliphatic carbocycles. The molecule has 0 bridgehead atoms. The summed E-state index contributed by atoms with van der Waals surface area (Å²) in [6.45, 7) is 7.64. The maximum atomic E-state index is 13.5. The Morgan fingerprint density at radius 1 is 1.41 bits per heavy atom. The lowest BCUT2D eigenvalue weighted by atomic mass is 10.0. The van der Waals surface area contributed by atoms with Gasteiger partial charge in [-0.1, -0.05) is 24.6 Å². The molecule has 0 saturated heterocycles. The minimum absolute atomic E-state index is 0.0340. The quantitative estimate of drug-likeness (QED) is 0.879. The first kappa shape index (κ1) is 14.4. The van der Waals surface area contributed by atoms with Crippen molar-refractivity contribution in [2.24, 2.45) is 5.73 Å². The van der Waals surface area contributed by atoms with Crippen LogP contribution in [0.1, 0.15) is 32.4 Å². The van der Waals surface area contributed by atoms with Crippen molar-refractivity contribution in [2.75, 3.05) is 13.1 Å². The van der Waals surface area contributed by atoms with Crippen LogP contribution in [-0.4, -0.2) is 24.0 Å². The highest BCUT2D eigenvalue weighted by molar-refractivity contribution is 6.30. The number of hydrogen-bond donors (Lipinski definition) is 1. The summed E-state index contributed by atoms with van der Waals surface area (Å²) in [5.41, 5.74) is 6.69. The van der Waals surface area contributed by atoms with Crippen molar-refractivity contribution >= 4 is 11.6 Å². The fraction of sp³-hybridized carbons (Fsp3) is 0.538. The Bertz CT molecular complexity index is 368. The van der Waals surface area contributed by atoms with E-state index in [1.807, 2.05) is 6.07 Å². The highest BCUT2D eigenvalue weighted by Gasteiger charge is 2.20. The molecule has 2 N–H and O–H groups in total. The van der Waals surface area contributed by atoms with Crippen LogP contribution in [0.5, 0.6) is 0 Å². The average molecular weight is 259 g/mol. The summed E-state index contributed by atoms with van der Waals surface area (Å²) < 4.78 is 13.5. The molecule has 17 heavy (non-hydrogen) atoms. The third kappa shape index (κ3) is 3.41. The topological polar surface area (TPSA) is 29.3 Å². The second-order valence-electron chi connectivity index (χ2n) is 4.35. The lowest BCUT2D eigenvalue weighted by Crippen LogP contribution is -2.38. The normalized spacial score (nSPS) is 13.4. The van der Waals surface area contributed by atoms with Gasteiger partial charge in [0, 0.05) is 18.6 Å². The summed E-state index contributed by atoms with van der Waals surface area (Å²) in [4.78, 5) is 2.24. The predicted molar refractivity (Wildman–Crippen MR) is 70.7 cm³/mol. The van der Waals surface area contributed by atoms with Gasteiger partial charge in [-0.25, -0.2) is 4.39 Å². The van der Waals surface area contributed by atoms with E-state index in [-0.39, 0.29) is 16.9 Å². The van der Waals surface area contributed by atoms with Crippen molar-refractivity contribution in [2.45, 2.75) is 32.9 Å². The van der Waals surface area contributed by atoms with E-state index in [2.05, 4.69) is 25.7 Å². The summed E-state index contributed by atoms with van der Waals surface area (Å²) >= 11 is 5.68. The smallest absolute Gasteiger partial charge is 0.142 e. The molecule has 0 radical (unpaired) electrons. The number of benzene rings is 1. The molecule has 4 heteroatoms. The monoisotopic (exact) mass is 258 g/mol. The van der Waals surface area contributed by atoms with Crippen LogP contribution in [0.3, 0.4) is 0 Å². The number of halogens is 2. The molecule has 0 aliphatic rings. The van der Waals surface area contributed by atoms with Crippen LogP contribution in [-0.2, 0) is 0 Å². The first-order valence-electron chi connectivity index (χ1n) is 5.92. The van der Waals surface area contributed by atoms with Gasteiger partial charge in [0.25, 0.3) is 0 Å². The summed E-state index contributed by atoms with van der Waals surface area (Å²) in [6.07, 6.45) is 0. The van der Waals surface area contributed by atoms with E-state index in [4.69, 9.17) is 17.3 Å². The van der Waals surface area contributed by atoms with Gasteiger partial charge < -0.3 is 5.73 Å². The van der Waals surface area contributed by atoms with Gasteiger partial charge >= 0.3 is 0 Å². The van der Waals surface area contributed by atoms with Gasteiger partial charge in [-0.15, -0.1) is 0 Å². The fourth-order valence-electron chi connectivity index (χ4n) is 2.13. The maximum absolute atomic E-state index is 13.5. The first-order chi connectivity index (χ1) is 8.01. The van der Waals surface area contributed by atoms with E-state index in [1.54, 1.807) is 6.07 Å². The van der Waals surface area contributed by atoms with E-state index in [0.29, 0.717) is 12.6 Å². The van der Waals surface area contributed by atoms with Crippen molar-refractivity contribution in [3.8, 4) is 0 Å². The van der Waals surface area contributed by atoms with Crippen LogP contribution in [0.15, 0.2) is 18.2 Å². The molecule has 0 aromatic heterocycles. The Hall–Kier alpha value is -0.640. The van der Waals surface area contributed by atoms with Gasteiger partial charge in [0.2, 0.25) is 0 Å². The molecule has 1 rings (SSSR count). The second-order valence-corrected chi connectivity index (χ2v) is 4.76. The minimum atomic E-state index is -0.387. The van der Waals surface area contributed by atoms with E-state index in [0.717, 1.165) is 12.1 Å². The first-order valence-corrected chi connectivity index (χ1v) is 6.29.